The molecule has 1 amide bonds. The van der Waals surface area contributed by atoms with E-state index in [1.165, 1.54) is 18.2 Å². The summed E-state index contributed by atoms with van der Waals surface area (Å²) in [6, 6.07) is 3.29. The van der Waals surface area contributed by atoms with E-state index in [1.807, 2.05) is 0 Å². The second kappa shape index (κ2) is 7.01. The fraction of sp³-hybridized carbons (Fsp3) is 0.333. The van der Waals surface area contributed by atoms with Crippen LogP contribution in [-0.2, 0) is 14.6 Å². The molecule has 1 atom stereocenters. The molecule has 0 saturated heterocycles. The molecule has 1 aromatic carbocycles. The molecule has 0 spiro atoms. The van der Waals surface area contributed by atoms with Gasteiger partial charge in [-0.05, 0) is 40.5 Å². The van der Waals surface area contributed by atoms with Crippen LogP contribution in [0.5, 0.6) is 0 Å². The van der Waals surface area contributed by atoms with Gasteiger partial charge in [-0.1, -0.05) is 0 Å². The zero-order valence-corrected chi connectivity index (χ0v) is 13.6. The highest BCUT2D eigenvalue weighted by Gasteiger charge is 2.17. The third-order valence-electron chi connectivity index (χ3n) is 2.60. The van der Waals surface area contributed by atoms with E-state index in [0.717, 1.165) is 6.26 Å². The summed E-state index contributed by atoms with van der Waals surface area (Å²) in [5.41, 5.74) is 5.87. The van der Waals surface area contributed by atoms with Gasteiger partial charge in [0.15, 0.2) is 0 Å². The van der Waals surface area contributed by atoms with E-state index in [2.05, 4.69) is 21.2 Å². The van der Waals surface area contributed by atoms with Gasteiger partial charge in [-0.2, -0.15) is 0 Å². The van der Waals surface area contributed by atoms with Crippen LogP contribution in [0.1, 0.15) is 16.8 Å². The molecule has 1 unspecified atom stereocenters. The number of carboxylic acid groups (broad SMARTS) is 1. The fourth-order valence-corrected chi connectivity index (χ4v) is 2.57. The topological polar surface area (TPSA) is 127 Å². The lowest BCUT2D eigenvalue weighted by Crippen LogP contribution is -2.37. The molecule has 0 heterocycles. The number of carbonyl (C=O) groups is 2. The molecule has 9 heteroatoms. The van der Waals surface area contributed by atoms with Gasteiger partial charge in [-0.25, -0.2) is 13.2 Å². The summed E-state index contributed by atoms with van der Waals surface area (Å²) in [5.74, 6) is -1.90. The fourth-order valence-electron chi connectivity index (χ4n) is 1.47. The van der Waals surface area contributed by atoms with Gasteiger partial charge < -0.3 is 16.2 Å². The number of halogens is 1. The number of hydrogen-bond donors (Lipinski definition) is 3. The average molecular weight is 379 g/mol. The molecule has 116 valence electrons. The molecule has 0 saturated carbocycles. The van der Waals surface area contributed by atoms with E-state index in [9.17, 15) is 18.0 Å². The Morgan fingerprint density at radius 3 is 2.57 bits per heavy atom. The van der Waals surface area contributed by atoms with Crippen LogP contribution in [0.25, 0.3) is 0 Å². The number of sulfone groups is 1. The molecule has 0 aliphatic heterocycles. The number of amides is 1. The van der Waals surface area contributed by atoms with Crippen molar-refractivity contribution in [2.75, 3.05) is 17.3 Å². The van der Waals surface area contributed by atoms with Crippen LogP contribution >= 0.6 is 15.9 Å². The standard InChI is InChI=1S/C12H15BrN2O5S/c1-21(19,20)5-4-10(14)11(16)15-7-2-3-9(13)8(6-7)12(17)18/h2-3,6,10H,4-5,14H2,1H3,(H,15,16)(H,17,18). The zero-order valence-electron chi connectivity index (χ0n) is 11.2. The Morgan fingerprint density at radius 1 is 1.43 bits per heavy atom. The maximum absolute atomic E-state index is 11.8. The van der Waals surface area contributed by atoms with E-state index >= 15 is 0 Å². The largest absolute Gasteiger partial charge is 0.478 e. The second-order valence-electron chi connectivity index (χ2n) is 4.51. The van der Waals surface area contributed by atoms with E-state index < -0.39 is 27.8 Å². The Hall–Kier alpha value is -1.45. The van der Waals surface area contributed by atoms with Gasteiger partial charge >= 0.3 is 5.97 Å². The maximum atomic E-state index is 11.8. The Kier molecular flexibility index (Phi) is 5.87. The number of anilines is 1. The van der Waals surface area contributed by atoms with Crippen LogP contribution in [0.3, 0.4) is 0 Å². The van der Waals surface area contributed by atoms with Crippen molar-refractivity contribution in [2.24, 2.45) is 5.73 Å². The van der Waals surface area contributed by atoms with Crippen molar-refractivity contribution in [3.8, 4) is 0 Å². The quantitative estimate of drug-likeness (QED) is 0.673. The van der Waals surface area contributed by atoms with Crippen molar-refractivity contribution in [3.63, 3.8) is 0 Å². The molecule has 7 nitrogen and oxygen atoms in total. The van der Waals surface area contributed by atoms with Crippen LogP contribution < -0.4 is 11.1 Å². The van der Waals surface area contributed by atoms with Crippen molar-refractivity contribution in [2.45, 2.75) is 12.5 Å². The van der Waals surface area contributed by atoms with Gasteiger partial charge in [0.2, 0.25) is 5.91 Å². The number of hydrogen-bond acceptors (Lipinski definition) is 5. The second-order valence-corrected chi connectivity index (χ2v) is 7.63. The Labute approximate surface area is 130 Å². The Balaban J connectivity index is 2.75. The number of carbonyl (C=O) groups excluding carboxylic acids is 1. The summed E-state index contributed by atoms with van der Waals surface area (Å²) in [6.07, 6.45) is 1.05. The molecule has 0 bridgehead atoms. The van der Waals surface area contributed by atoms with Crippen molar-refractivity contribution in [1.29, 1.82) is 0 Å². The molecule has 1 rings (SSSR count). The normalized spacial score (nSPS) is 12.7. The Bertz CT molecular complexity index is 660. The van der Waals surface area contributed by atoms with Crippen LogP contribution in [-0.4, -0.2) is 43.5 Å². The van der Waals surface area contributed by atoms with E-state index in [4.69, 9.17) is 10.8 Å². The molecular weight excluding hydrogens is 364 g/mol. The van der Waals surface area contributed by atoms with Crippen LogP contribution in [0.15, 0.2) is 22.7 Å². The predicted molar refractivity (Wildman–Crippen MR) is 82.0 cm³/mol. The highest BCUT2D eigenvalue weighted by atomic mass is 79.9. The zero-order chi connectivity index (χ0) is 16.2. The lowest BCUT2D eigenvalue weighted by atomic mass is 10.2. The molecule has 1 aromatic rings. The van der Waals surface area contributed by atoms with Gasteiger partial charge in [0.05, 0.1) is 17.4 Å². The van der Waals surface area contributed by atoms with Gasteiger partial charge in [0.1, 0.15) is 9.84 Å². The first-order valence-electron chi connectivity index (χ1n) is 5.87. The van der Waals surface area contributed by atoms with Crippen LogP contribution in [0.4, 0.5) is 5.69 Å². The number of nitrogens with one attached hydrogen (secondary N) is 1. The summed E-state index contributed by atoms with van der Waals surface area (Å²) in [7, 11) is -3.19. The van der Waals surface area contributed by atoms with E-state index in [0.29, 0.717) is 4.47 Å². The first-order chi connectivity index (χ1) is 9.60. The van der Waals surface area contributed by atoms with Crippen LogP contribution in [0, 0.1) is 0 Å². The van der Waals surface area contributed by atoms with Crippen molar-refractivity contribution >= 4 is 43.3 Å². The van der Waals surface area contributed by atoms with Gasteiger partial charge in [-0.3, -0.25) is 4.79 Å². The highest BCUT2D eigenvalue weighted by molar-refractivity contribution is 9.10. The molecule has 0 aliphatic carbocycles. The monoisotopic (exact) mass is 378 g/mol. The minimum Gasteiger partial charge on any atom is -0.478 e. The third-order valence-corrected chi connectivity index (χ3v) is 4.27. The molecule has 0 fully saturated rings. The molecule has 0 aromatic heterocycles. The number of aromatic carboxylic acids is 1. The number of nitrogens with two attached hydrogens (primary N) is 1. The van der Waals surface area contributed by atoms with E-state index in [1.54, 1.807) is 0 Å². The molecule has 0 radical (unpaired) electrons. The van der Waals surface area contributed by atoms with Crippen LogP contribution in [0.2, 0.25) is 0 Å². The molecular formula is C12H15BrN2O5S. The summed E-state index contributed by atoms with van der Waals surface area (Å²) in [4.78, 5) is 22.8. The number of rotatable bonds is 6. The average Bonchev–Trinajstić information content (AvgIpc) is 2.36. The van der Waals surface area contributed by atoms with Gasteiger partial charge in [-0.15, -0.1) is 0 Å². The lowest BCUT2D eigenvalue weighted by Gasteiger charge is -2.12. The van der Waals surface area contributed by atoms with E-state index in [-0.39, 0.29) is 23.4 Å². The minimum atomic E-state index is -3.19. The highest BCUT2D eigenvalue weighted by Crippen LogP contribution is 2.21. The molecule has 4 N–H and O–H groups in total. The maximum Gasteiger partial charge on any atom is 0.336 e. The summed E-state index contributed by atoms with van der Waals surface area (Å²) < 4.78 is 22.4. The predicted octanol–water partition coefficient (Wildman–Crippen LogP) is 0.848. The smallest absolute Gasteiger partial charge is 0.336 e. The summed E-state index contributed by atoms with van der Waals surface area (Å²) in [6.45, 7) is 0. The molecule has 0 aliphatic rings. The number of carboxylic acids is 1. The Morgan fingerprint density at radius 2 is 2.05 bits per heavy atom. The third kappa shape index (κ3) is 5.82. The first-order valence-corrected chi connectivity index (χ1v) is 8.72. The lowest BCUT2D eigenvalue weighted by molar-refractivity contribution is -0.117. The van der Waals surface area contributed by atoms with Crippen molar-refractivity contribution in [3.05, 3.63) is 28.2 Å². The van der Waals surface area contributed by atoms with Crippen molar-refractivity contribution < 1.29 is 23.1 Å². The number of benzene rings is 1. The SMILES string of the molecule is CS(=O)(=O)CCC(N)C(=O)Nc1ccc(Br)c(C(=O)O)c1. The molecule has 21 heavy (non-hydrogen) atoms. The summed E-state index contributed by atoms with van der Waals surface area (Å²) >= 11 is 3.09. The first kappa shape index (κ1) is 17.6. The summed E-state index contributed by atoms with van der Waals surface area (Å²) in [5, 5.41) is 11.4. The minimum absolute atomic E-state index is 0.00231. The van der Waals surface area contributed by atoms with Crippen molar-refractivity contribution in [1.82, 2.24) is 0 Å². The van der Waals surface area contributed by atoms with Gasteiger partial charge in [0, 0.05) is 16.4 Å². The van der Waals surface area contributed by atoms with Gasteiger partial charge in [0.25, 0.3) is 0 Å².